The maximum atomic E-state index is 11.9. The highest BCUT2D eigenvalue weighted by atomic mass is 35.5. The Morgan fingerprint density at radius 2 is 2.00 bits per heavy atom. The van der Waals surface area contributed by atoms with Crippen LogP contribution >= 0.6 is 11.6 Å². The van der Waals surface area contributed by atoms with Crippen LogP contribution in [0.15, 0.2) is 24.3 Å². The second-order valence-electron chi connectivity index (χ2n) is 3.47. The van der Waals surface area contributed by atoms with Crippen LogP contribution in [0, 0.1) is 10.4 Å². The number of fused-ring (bicyclic) bond motifs is 1. The summed E-state index contributed by atoms with van der Waals surface area (Å²) in [6.45, 7) is 0. The van der Waals surface area contributed by atoms with Crippen molar-refractivity contribution in [3.63, 3.8) is 0 Å². The molecule has 18 heavy (non-hydrogen) atoms. The largest absolute Gasteiger partial charge is 0.739 e. The SMILES string of the molecule is O=C(CCCl)Nc1n[n+]([O-])c2ccccc2[n+]1[O-]. The minimum Gasteiger partial charge on any atom is -0.739 e. The van der Waals surface area contributed by atoms with Gasteiger partial charge in [0.25, 0.3) is 11.4 Å². The summed E-state index contributed by atoms with van der Waals surface area (Å²) in [7, 11) is 0. The third kappa shape index (κ3) is 2.25. The number of hydrogen-bond donors (Lipinski definition) is 1. The van der Waals surface area contributed by atoms with Gasteiger partial charge in [-0.15, -0.1) is 11.6 Å². The van der Waals surface area contributed by atoms with E-state index in [1.54, 1.807) is 12.1 Å². The van der Waals surface area contributed by atoms with Crippen LogP contribution in [-0.4, -0.2) is 16.9 Å². The minimum atomic E-state index is -0.475. The highest BCUT2D eigenvalue weighted by Gasteiger charge is 2.21. The number of nitrogens with zero attached hydrogens (tertiary/aromatic N) is 3. The van der Waals surface area contributed by atoms with Crippen molar-refractivity contribution in [2.75, 3.05) is 11.2 Å². The zero-order valence-corrected chi connectivity index (χ0v) is 9.92. The summed E-state index contributed by atoms with van der Waals surface area (Å²) >= 11 is 5.40. The van der Waals surface area contributed by atoms with Crippen molar-refractivity contribution in [1.82, 2.24) is 5.10 Å². The first-order chi connectivity index (χ1) is 8.63. The molecule has 0 aliphatic heterocycles. The molecular formula is C10H9ClN4O3. The van der Waals surface area contributed by atoms with Gasteiger partial charge in [0.2, 0.25) is 5.10 Å². The van der Waals surface area contributed by atoms with Crippen LogP contribution in [0.25, 0.3) is 11.0 Å². The van der Waals surface area contributed by atoms with Gasteiger partial charge in [-0.3, -0.25) is 4.79 Å². The number of alkyl halides is 1. The fourth-order valence-electron chi connectivity index (χ4n) is 1.44. The first-order valence-corrected chi connectivity index (χ1v) is 5.65. The summed E-state index contributed by atoms with van der Waals surface area (Å²) in [5.74, 6) is -0.716. The molecule has 0 bridgehead atoms. The number of benzene rings is 1. The molecule has 7 nitrogen and oxygen atoms in total. The third-order valence-corrected chi connectivity index (χ3v) is 2.45. The molecule has 1 aromatic carbocycles. The van der Waals surface area contributed by atoms with Gasteiger partial charge in [-0.25, -0.2) is 10.0 Å². The molecule has 8 heteroatoms. The maximum Gasteiger partial charge on any atom is 0.468 e. The zero-order valence-electron chi connectivity index (χ0n) is 9.17. The summed E-state index contributed by atoms with van der Waals surface area (Å²) in [6, 6.07) is 6.16. The Bertz CT molecular complexity index is 605. The molecule has 2 aromatic rings. The second kappa shape index (κ2) is 5.01. The molecule has 1 amide bonds. The molecule has 0 saturated carbocycles. The predicted molar refractivity (Wildman–Crippen MR) is 63.6 cm³/mol. The van der Waals surface area contributed by atoms with E-state index in [2.05, 4.69) is 10.4 Å². The van der Waals surface area contributed by atoms with Crippen LogP contribution in [0.1, 0.15) is 6.42 Å². The van der Waals surface area contributed by atoms with Crippen LogP contribution in [0.4, 0.5) is 5.95 Å². The lowest BCUT2D eigenvalue weighted by Crippen LogP contribution is -2.44. The predicted octanol–water partition coefficient (Wildman–Crippen LogP) is 0.0690. The van der Waals surface area contributed by atoms with Gasteiger partial charge >= 0.3 is 5.95 Å². The van der Waals surface area contributed by atoms with Gasteiger partial charge in [-0.05, 0) is 6.07 Å². The van der Waals surface area contributed by atoms with Crippen molar-refractivity contribution in [2.24, 2.45) is 0 Å². The second-order valence-corrected chi connectivity index (χ2v) is 3.84. The number of nitrogens with one attached hydrogen (secondary N) is 1. The molecule has 1 N–H and O–H groups in total. The quantitative estimate of drug-likeness (QED) is 0.484. The Balaban J connectivity index is 2.46. The molecule has 94 valence electrons. The fourth-order valence-corrected chi connectivity index (χ4v) is 1.61. The van der Waals surface area contributed by atoms with E-state index in [1.807, 2.05) is 0 Å². The summed E-state index contributed by atoms with van der Waals surface area (Å²) in [4.78, 5) is 11.6. The van der Waals surface area contributed by atoms with Crippen LogP contribution in [0.3, 0.4) is 0 Å². The van der Waals surface area contributed by atoms with Crippen LogP contribution < -0.4 is 14.9 Å². The van der Waals surface area contributed by atoms with E-state index in [1.165, 1.54) is 12.1 Å². The fraction of sp³-hybridized carbons (Fsp3) is 0.200. The van der Waals surface area contributed by atoms with E-state index < -0.39 is 5.91 Å². The molecule has 0 aliphatic rings. The van der Waals surface area contributed by atoms with E-state index >= 15 is 0 Å². The number of carbonyl (C=O) groups is 1. The van der Waals surface area contributed by atoms with Crippen molar-refractivity contribution in [3.8, 4) is 0 Å². The number of aromatic nitrogens is 3. The standard InChI is InChI=1S/C10H9ClN4O3/c11-6-5-9(16)12-10-13-15(18)8-4-2-1-3-7(8)14(10)17/h1-4H,5-6H2,(H,12,13,16). The lowest BCUT2D eigenvalue weighted by Gasteiger charge is -2.08. The molecule has 0 aliphatic carbocycles. The van der Waals surface area contributed by atoms with Crippen molar-refractivity contribution in [1.29, 1.82) is 0 Å². The van der Waals surface area contributed by atoms with Crippen LogP contribution in [-0.2, 0) is 4.79 Å². The monoisotopic (exact) mass is 268 g/mol. The van der Waals surface area contributed by atoms with E-state index in [4.69, 9.17) is 11.6 Å². The number of carbonyl (C=O) groups excluding carboxylic acids is 1. The molecule has 2 rings (SSSR count). The van der Waals surface area contributed by atoms with E-state index in [0.29, 0.717) is 9.58 Å². The molecule has 0 radical (unpaired) electrons. The lowest BCUT2D eigenvalue weighted by molar-refractivity contribution is -0.672. The van der Waals surface area contributed by atoms with Gasteiger partial charge in [0, 0.05) is 16.8 Å². The number of rotatable bonds is 3. The van der Waals surface area contributed by atoms with Crippen molar-refractivity contribution in [2.45, 2.75) is 6.42 Å². The van der Waals surface area contributed by atoms with Crippen molar-refractivity contribution < 1.29 is 14.4 Å². The van der Waals surface area contributed by atoms with Crippen molar-refractivity contribution in [3.05, 3.63) is 34.7 Å². The molecule has 0 spiro atoms. The summed E-state index contributed by atoms with van der Waals surface area (Å²) < 4.78 is 0.399. The molecule has 0 fully saturated rings. The smallest absolute Gasteiger partial charge is 0.468 e. The Kier molecular flexibility index (Phi) is 3.42. The third-order valence-electron chi connectivity index (χ3n) is 2.26. The van der Waals surface area contributed by atoms with E-state index in [9.17, 15) is 15.2 Å². The zero-order chi connectivity index (χ0) is 13.1. The van der Waals surface area contributed by atoms with Crippen LogP contribution in [0.5, 0.6) is 0 Å². The van der Waals surface area contributed by atoms with Gasteiger partial charge < -0.3 is 10.4 Å². The molecule has 0 atom stereocenters. The average Bonchev–Trinajstić information content (AvgIpc) is 2.36. The Labute approximate surface area is 107 Å². The summed E-state index contributed by atoms with van der Waals surface area (Å²) in [5.41, 5.74) is 0.256. The Morgan fingerprint density at radius 1 is 1.33 bits per heavy atom. The first-order valence-electron chi connectivity index (χ1n) is 5.11. The maximum absolute atomic E-state index is 11.9. The molecule has 1 aromatic heterocycles. The topological polar surface area (TPSA) is 95.9 Å². The van der Waals surface area contributed by atoms with Crippen LogP contribution in [0.2, 0.25) is 0 Å². The van der Waals surface area contributed by atoms with Gasteiger partial charge in [-0.1, -0.05) is 12.1 Å². The van der Waals surface area contributed by atoms with Gasteiger partial charge in [-0.2, -0.15) is 0 Å². The number of hydrogen-bond acceptors (Lipinski definition) is 4. The van der Waals surface area contributed by atoms with Gasteiger partial charge in [0.15, 0.2) is 5.52 Å². The number of amides is 1. The van der Waals surface area contributed by atoms with Crippen molar-refractivity contribution >= 4 is 34.5 Å². The van der Waals surface area contributed by atoms with E-state index in [0.717, 1.165) is 0 Å². The highest BCUT2D eigenvalue weighted by Crippen LogP contribution is 2.05. The minimum absolute atomic E-state index is 0.0366. The summed E-state index contributed by atoms with van der Waals surface area (Å²) in [5, 5.41) is 29.1. The summed E-state index contributed by atoms with van der Waals surface area (Å²) in [6.07, 6.45) is 0.0366. The highest BCUT2D eigenvalue weighted by molar-refractivity contribution is 6.19. The number of halogens is 1. The van der Waals surface area contributed by atoms with Gasteiger partial charge in [0.1, 0.15) is 0 Å². The Morgan fingerprint density at radius 3 is 2.67 bits per heavy atom. The van der Waals surface area contributed by atoms with Gasteiger partial charge in [0.05, 0.1) is 6.42 Å². The number of anilines is 1. The number of para-hydroxylation sites is 2. The normalized spacial score (nSPS) is 10.5. The lowest BCUT2D eigenvalue weighted by atomic mass is 10.3. The Hall–Kier alpha value is -2.15. The first kappa shape index (κ1) is 12.3. The average molecular weight is 269 g/mol. The molecule has 1 heterocycles. The molecular weight excluding hydrogens is 260 g/mol. The molecule has 0 unspecified atom stereocenters. The van der Waals surface area contributed by atoms with E-state index in [-0.39, 0.29) is 29.3 Å². The molecule has 0 saturated heterocycles.